The Morgan fingerprint density at radius 2 is 2.00 bits per heavy atom. The number of hydrogen-bond acceptors (Lipinski definition) is 4. The van der Waals surface area contributed by atoms with Crippen molar-refractivity contribution < 1.29 is 9.18 Å². The highest BCUT2D eigenvalue weighted by Crippen LogP contribution is 2.30. The molecule has 0 aliphatic carbocycles. The first-order chi connectivity index (χ1) is 13.2. The number of halogens is 1. The van der Waals surface area contributed by atoms with Gasteiger partial charge in [0, 0.05) is 22.8 Å². The maximum absolute atomic E-state index is 13.5. The Balaban J connectivity index is 1.41. The van der Waals surface area contributed by atoms with E-state index in [-0.39, 0.29) is 17.5 Å². The number of H-pyrrole nitrogens is 1. The Morgan fingerprint density at radius 3 is 2.85 bits per heavy atom. The maximum Gasteiger partial charge on any atom is 0.230 e. The average Bonchev–Trinajstić information content (AvgIpc) is 3.06. The van der Waals surface area contributed by atoms with Gasteiger partial charge in [0.05, 0.1) is 17.5 Å². The van der Waals surface area contributed by atoms with Gasteiger partial charge in [-0.1, -0.05) is 42.1 Å². The highest BCUT2D eigenvalue weighted by molar-refractivity contribution is 8.00. The van der Waals surface area contributed by atoms with Gasteiger partial charge in [0.25, 0.3) is 0 Å². The molecule has 0 atom stereocenters. The van der Waals surface area contributed by atoms with Gasteiger partial charge in [0.2, 0.25) is 5.91 Å². The Morgan fingerprint density at radius 1 is 1.15 bits per heavy atom. The van der Waals surface area contributed by atoms with E-state index in [0.29, 0.717) is 11.6 Å². The molecule has 4 rings (SSSR count). The number of carbonyl (C=O) groups is 1. The van der Waals surface area contributed by atoms with Gasteiger partial charge in [-0.15, -0.1) is 5.10 Å². The normalized spacial score (nSPS) is 11.1. The quantitative estimate of drug-likeness (QED) is 0.501. The van der Waals surface area contributed by atoms with E-state index >= 15 is 0 Å². The zero-order chi connectivity index (χ0) is 18.6. The van der Waals surface area contributed by atoms with Crippen molar-refractivity contribution in [3.8, 4) is 0 Å². The molecular weight excluding hydrogens is 363 g/mol. The molecule has 4 aromatic rings. The number of benzene rings is 2. The molecule has 0 aliphatic heterocycles. The number of rotatable bonds is 6. The summed E-state index contributed by atoms with van der Waals surface area (Å²) in [6.07, 6.45) is 2.40. The molecule has 0 bridgehead atoms. The van der Waals surface area contributed by atoms with Crippen LogP contribution in [0, 0.1) is 5.82 Å². The third-order valence-corrected chi connectivity index (χ3v) is 5.23. The lowest BCUT2D eigenvalue weighted by Gasteiger charge is -2.05. The second-order valence-corrected chi connectivity index (χ2v) is 7.09. The summed E-state index contributed by atoms with van der Waals surface area (Å²) in [5.74, 6) is -0.115. The zero-order valence-electron chi connectivity index (χ0n) is 14.4. The molecule has 2 N–H and O–H groups in total. The Labute approximate surface area is 159 Å². The molecule has 0 unspecified atom stereocenters. The fourth-order valence-corrected chi connectivity index (χ4v) is 3.73. The van der Waals surface area contributed by atoms with Crippen LogP contribution in [0.1, 0.15) is 5.56 Å². The highest BCUT2D eigenvalue weighted by Gasteiger charge is 2.12. The molecule has 0 aliphatic rings. The summed E-state index contributed by atoms with van der Waals surface area (Å²) < 4.78 is 13.5. The molecule has 2 heterocycles. The van der Waals surface area contributed by atoms with E-state index < -0.39 is 0 Å². The van der Waals surface area contributed by atoms with Crippen LogP contribution in [0.25, 0.3) is 21.8 Å². The van der Waals surface area contributed by atoms with Crippen LogP contribution in [0.15, 0.2) is 59.8 Å². The van der Waals surface area contributed by atoms with Crippen molar-refractivity contribution in [2.45, 2.75) is 11.4 Å². The van der Waals surface area contributed by atoms with E-state index in [1.165, 1.54) is 29.5 Å². The van der Waals surface area contributed by atoms with Gasteiger partial charge in [0.1, 0.15) is 10.8 Å². The standard InChI is InChI=1S/C20H17FN4OS/c21-14-6-7-17-15(10-14)16-11-23-25-20(19(16)24-17)27-12-18(26)22-9-8-13-4-2-1-3-5-13/h1-7,10-11,24H,8-9,12H2,(H,22,26). The number of nitrogens with one attached hydrogen (secondary N) is 2. The van der Waals surface area contributed by atoms with Crippen LogP contribution in [-0.2, 0) is 11.2 Å². The summed E-state index contributed by atoms with van der Waals surface area (Å²) in [6, 6.07) is 14.6. The highest BCUT2D eigenvalue weighted by atomic mass is 32.2. The molecule has 2 aromatic heterocycles. The maximum atomic E-state index is 13.5. The van der Waals surface area contributed by atoms with E-state index in [4.69, 9.17) is 0 Å². The van der Waals surface area contributed by atoms with E-state index in [1.807, 2.05) is 30.3 Å². The van der Waals surface area contributed by atoms with Crippen LogP contribution in [0.5, 0.6) is 0 Å². The fraction of sp³-hybridized carbons (Fsp3) is 0.150. The summed E-state index contributed by atoms with van der Waals surface area (Å²) in [5, 5.41) is 13.2. The Hall–Kier alpha value is -2.93. The predicted molar refractivity (Wildman–Crippen MR) is 105 cm³/mol. The van der Waals surface area contributed by atoms with E-state index in [0.717, 1.165) is 28.2 Å². The second-order valence-electron chi connectivity index (χ2n) is 6.13. The molecule has 7 heteroatoms. The number of aromatic nitrogens is 3. The third kappa shape index (κ3) is 3.93. The first-order valence-electron chi connectivity index (χ1n) is 8.57. The number of aromatic amines is 1. The van der Waals surface area contributed by atoms with Crippen molar-refractivity contribution in [1.82, 2.24) is 20.5 Å². The second kappa shape index (κ2) is 7.75. The van der Waals surface area contributed by atoms with E-state index in [9.17, 15) is 9.18 Å². The monoisotopic (exact) mass is 380 g/mol. The fourth-order valence-electron chi connectivity index (χ4n) is 2.95. The van der Waals surface area contributed by atoms with Gasteiger partial charge in [-0.3, -0.25) is 4.79 Å². The number of carbonyl (C=O) groups excluding carboxylic acids is 1. The average molecular weight is 380 g/mol. The minimum Gasteiger partial charge on any atom is -0.355 e. The number of fused-ring (bicyclic) bond motifs is 3. The third-order valence-electron chi connectivity index (χ3n) is 4.27. The van der Waals surface area contributed by atoms with Gasteiger partial charge in [-0.2, -0.15) is 5.10 Å². The lowest BCUT2D eigenvalue weighted by atomic mass is 10.1. The number of hydrogen-bond donors (Lipinski definition) is 2. The lowest BCUT2D eigenvalue weighted by Crippen LogP contribution is -2.27. The first-order valence-corrected chi connectivity index (χ1v) is 9.55. The predicted octanol–water partition coefficient (Wildman–Crippen LogP) is 3.70. The summed E-state index contributed by atoms with van der Waals surface area (Å²) in [7, 11) is 0. The van der Waals surface area contributed by atoms with Crippen molar-refractivity contribution in [2.75, 3.05) is 12.3 Å². The number of amides is 1. The number of nitrogens with zero attached hydrogens (tertiary/aromatic N) is 2. The van der Waals surface area contributed by atoms with E-state index in [2.05, 4.69) is 20.5 Å². The zero-order valence-corrected chi connectivity index (χ0v) is 15.2. The van der Waals surface area contributed by atoms with Gasteiger partial charge in [-0.25, -0.2) is 4.39 Å². The van der Waals surface area contributed by atoms with Gasteiger partial charge < -0.3 is 10.3 Å². The summed E-state index contributed by atoms with van der Waals surface area (Å²) in [6.45, 7) is 0.588. The molecule has 0 spiro atoms. The summed E-state index contributed by atoms with van der Waals surface area (Å²) in [4.78, 5) is 15.4. The largest absolute Gasteiger partial charge is 0.355 e. The number of thioether (sulfide) groups is 1. The lowest BCUT2D eigenvalue weighted by molar-refractivity contribution is -0.118. The first kappa shape index (κ1) is 17.5. The molecule has 5 nitrogen and oxygen atoms in total. The van der Waals surface area contributed by atoms with E-state index in [1.54, 1.807) is 12.3 Å². The van der Waals surface area contributed by atoms with Crippen LogP contribution in [0.4, 0.5) is 4.39 Å². The van der Waals surface area contributed by atoms with Gasteiger partial charge >= 0.3 is 0 Å². The molecule has 2 aromatic carbocycles. The topological polar surface area (TPSA) is 70.7 Å². The van der Waals surface area contributed by atoms with Crippen molar-refractivity contribution in [3.63, 3.8) is 0 Å². The van der Waals surface area contributed by atoms with Crippen LogP contribution < -0.4 is 5.32 Å². The molecule has 0 saturated carbocycles. The van der Waals surface area contributed by atoms with Crippen molar-refractivity contribution in [2.24, 2.45) is 0 Å². The van der Waals surface area contributed by atoms with Crippen LogP contribution in [0.3, 0.4) is 0 Å². The molecule has 1 amide bonds. The summed E-state index contributed by atoms with van der Waals surface area (Å²) >= 11 is 1.31. The van der Waals surface area contributed by atoms with Crippen LogP contribution in [-0.4, -0.2) is 33.4 Å². The molecule has 0 fully saturated rings. The smallest absolute Gasteiger partial charge is 0.230 e. The van der Waals surface area contributed by atoms with Crippen molar-refractivity contribution >= 4 is 39.5 Å². The molecule has 0 radical (unpaired) electrons. The van der Waals surface area contributed by atoms with Crippen molar-refractivity contribution in [1.29, 1.82) is 0 Å². The van der Waals surface area contributed by atoms with Crippen LogP contribution in [0.2, 0.25) is 0 Å². The SMILES string of the molecule is O=C(CSc1nncc2c1[nH]c1ccc(F)cc12)NCCc1ccccc1. The van der Waals surface area contributed by atoms with Crippen molar-refractivity contribution in [3.05, 3.63) is 66.1 Å². The summed E-state index contributed by atoms with van der Waals surface area (Å²) in [5.41, 5.74) is 2.77. The minimum absolute atomic E-state index is 0.0584. The molecule has 136 valence electrons. The van der Waals surface area contributed by atoms with Crippen LogP contribution >= 0.6 is 11.8 Å². The van der Waals surface area contributed by atoms with Gasteiger partial charge in [0.15, 0.2) is 0 Å². The molecule has 0 saturated heterocycles. The molecule has 27 heavy (non-hydrogen) atoms. The van der Waals surface area contributed by atoms with Gasteiger partial charge in [-0.05, 0) is 30.2 Å². The Bertz CT molecular complexity index is 1100. The minimum atomic E-state index is -0.299. The Kier molecular flexibility index (Phi) is 5.02. The molecular formula is C20H17FN4OS.